The number of aromatic nitrogens is 2. The summed E-state index contributed by atoms with van der Waals surface area (Å²) in [6, 6.07) is 12.3. The molecule has 0 aliphatic carbocycles. The number of aromatic hydroxyl groups is 1. The maximum absolute atomic E-state index is 10.9. The van der Waals surface area contributed by atoms with Gasteiger partial charge in [0.1, 0.15) is 11.3 Å². The third-order valence-corrected chi connectivity index (χ3v) is 2.89. The monoisotopic (exact) mass is 254 g/mol. The summed E-state index contributed by atoms with van der Waals surface area (Å²) in [5.41, 5.74) is 1.81. The molecule has 3 aromatic rings. The average Bonchev–Trinajstić information content (AvgIpc) is 2.77. The molecule has 19 heavy (non-hydrogen) atoms. The summed E-state index contributed by atoms with van der Waals surface area (Å²) in [6.07, 6.45) is 1.35. The largest absolute Gasteiger partial charge is 0.493 e. The highest BCUT2D eigenvalue weighted by atomic mass is 16.4. The van der Waals surface area contributed by atoms with E-state index in [1.807, 2.05) is 30.3 Å². The third-order valence-electron chi connectivity index (χ3n) is 2.89. The highest BCUT2D eigenvalue weighted by Gasteiger charge is 2.14. The summed E-state index contributed by atoms with van der Waals surface area (Å²) in [5.74, 6) is -1.11. The smallest absolute Gasteiger partial charge is 0.337 e. The molecule has 2 heterocycles. The number of pyridine rings is 1. The Bertz CT molecular complexity index is 763. The number of carboxylic acids is 1. The molecule has 0 amide bonds. The van der Waals surface area contributed by atoms with Crippen LogP contribution < -0.4 is 0 Å². The van der Waals surface area contributed by atoms with Crippen LogP contribution in [-0.4, -0.2) is 25.6 Å². The quantitative estimate of drug-likeness (QED) is 0.736. The number of rotatable bonds is 2. The molecule has 0 unspecified atom stereocenters. The Morgan fingerprint density at radius 1 is 1.11 bits per heavy atom. The number of carboxylic acid groups (broad SMARTS) is 1. The van der Waals surface area contributed by atoms with Crippen LogP contribution in [0.4, 0.5) is 0 Å². The van der Waals surface area contributed by atoms with E-state index in [-0.39, 0.29) is 11.4 Å². The average molecular weight is 254 g/mol. The van der Waals surface area contributed by atoms with Gasteiger partial charge in [0.15, 0.2) is 0 Å². The molecule has 0 saturated heterocycles. The zero-order valence-corrected chi connectivity index (χ0v) is 9.82. The molecule has 1 aromatic carbocycles. The number of fused-ring (bicyclic) bond motifs is 1. The van der Waals surface area contributed by atoms with E-state index in [1.165, 1.54) is 16.7 Å². The number of benzene rings is 1. The van der Waals surface area contributed by atoms with Gasteiger partial charge in [0.05, 0.1) is 5.56 Å². The predicted molar refractivity (Wildman–Crippen MR) is 69.3 cm³/mol. The molecule has 0 saturated carbocycles. The molecule has 0 radical (unpaired) electrons. The van der Waals surface area contributed by atoms with Gasteiger partial charge in [-0.15, -0.1) is 0 Å². The van der Waals surface area contributed by atoms with Crippen molar-refractivity contribution in [2.24, 2.45) is 0 Å². The molecule has 0 aliphatic heterocycles. The highest BCUT2D eigenvalue weighted by Crippen LogP contribution is 2.29. The number of imidazole rings is 1. The maximum atomic E-state index is 10.9. The van der Waals surface area contributed by atoms with Gasteiger partial charge in [-0.25, -0.2) is 9.78 Å². The molecule has 0 fully saturated rings. The minimum absolute atomic E-state index is 0.0655. The van der Waals surface area contributed by atoms with Crippen molar-refractivity contribution in [1.82, 2.24) is 9.38 Å². The lowest BCUT2D eigenvalue weighted by Crippen LogP contribution is -1.98. The summed E-state index contributed by atoms with van der Waals surface area (Å²) in [7, 11) is 0. The fourth-order valence-corrected chi connectivity index (χ4v) is 1.95. The van der Waals surface area contributed by atoms with Gasteiger partial charge in [-0.05, 0) is 12.1 Å². The number of aromatic carboxylic acids is 1. The summed E-state index contributed by atoms with van der Waals surface area (Å²) < 4.78 is 1.37. The van der Waals surface area contributed by atoms with Crippen LogP contribution in [0.2, 0.25) is 0 Å². The first-order valence-corrected chi connectivity index (χ1v) is 5.66. The molecular weight excluding hydrogens is 244 g/mol. The van der Waals surface area contributed by atoms with E-state index < -0.39 is 5.97 Å². The van der Waals surface area contributed by atoms with Crippen molar-refractivity contribution in [3.05, 3.63) is 54.2 Å². The molecular formula is C14H10N2O3. The summed E-state index contributed by atoms with van der Waals surface area (Å²) in [6.45, 7) is 0. The molecule has 0 bridgehead atoms. The molecule has 2 aromatic heterocycles. The minimum atomic E-state index is -1.05. The van der Waals surface area contributed by atoms with Gasteiger partial charge in [0.25, 0.3) is 0 Å². The lowest BCUT2D eigenvalue weighted by atomic mass is 10.2. The topological polar surface area (TPSA) is 74.8 Å². The standard InChI is InChI=1S/C14H10N2O3/c17-13-12(9-4-2-1-3-5-9)15-11-7-6-10(14(18)19)8-16(11)13/h1-8,17H,(H,18,19). The Labute approximate surface area is 108 Å². The van der Waals surface area contributed by atoms with Crippen LogP contribution in [0.3, 0.4) is 0 Å². The molecule has 0 spiro atoms. The van der Waals surface area contributed by atoms with Crippen molar-refractivity contribution in [3.8, 4) is 17.1 Å². The van der Waals surface area contributed by atoms with Gasteiger partial charge in [-0.1, -0.05) is 30.3 Å². The number of hydrogen-bond acceptors (Lipinski definition) is 3. The SMILES string of the molecule is O=C(O)c1ccc2nc(-c3ccccc3)c(O)n2c1. The normalized spacial score (nSPS) is 10.7. The van der Waals surface area contributed by atoms with E-state index in [1.54, 1.807) is 6.07 Å². The Morgan fingerprint density at radius 2 is 1.84 bits per heavy atom. The van der Waals surface area contributed by atoms with Crippen molar-refractivity contribution in [2.75, 3.05) is 0 Å². The Kier molecular flexibility index (Phi) is 2.45. The summed E-state index contributed by atoms with van der Waals surface area (Å²) >= 11 is 0. The molecule has 5 heteroatoms. The van der Waals surface area contributed by atoms with Crippen molar-refractivity contribution in [2.45, 2.75) is 0 Å². The third kappa shape index (κ3) is 1.81. The first-order valence-electron chi connectivity index (χ1n) is 5.66. The second-order valence-electron chi connectivity index (χ2n) is 4.10. The highest BCUT2D eigenvalue weighted by molar-refractivity contribution is 5.87. The van der Waals surface area contributed by atoms with Gasteiger partial charge < -0.3 is 10.2 Å². The maximum Gasteiger partial charge on any atom is 0.337 e. The van der Waals surface area contributed by atoms with Gasteiger partial charge in [0, 0.05) is 11.8 Å². The fraction of sp³-hybridized carbons (Fsp3) is 0. The number of hydrogen-bond donors (Lipinski definition) is 2. The van der Waals surface area contributed by atoms with Crippen LogP contribution in [0.5, 0.6) is 5.88 Å². The van der Waals surface area contributed by atoms with Crippen LogP contribution in [-0.2, 0) is 0 Å². The fourth-order valence-electron chi connectivity index (χ4n) is 1.95. The van der Waals surface area contributed by atoms with Crippen LogP contribution in [0.15, 0.2) is 48.7 Å². The van der Waals surface area contributed by atoms with Gasteiger partial charge in [-0.3, -0.25) is 4.40 Å². The van der Waals surface area contributed by atoms with Crippen LogP contribution >= 0.6 is 0 Å². The molecule has 5 nitrogen and oxygen atoms in total. The Hall–Kier alpha value is -2.82. The van der Waals surface area contributed by atoms with E-state index in [4.69, 9.17) is 5.11 Å². The van der Waals surface area contributed by atoms with Gasteiger partial charge >= 0.3 is 5.97 Å². The molecule has 94 valence electrons. The van der Waals surface area contributed by atoms with E-state index in [0.717, 1.165) is 5.56 Å². The lowest BCUT2D eigenvalue weighted by molar-refractivity contribution is 0.0696. The zero-order valence-electron chi connectivity index (χ0n) is 9.82. The minimum Gasteiger partial charge on any atom is -0.493 e. The predicted octanol–water partition coefficient (Wildman–Crippen LogP) is 2.41. The van der Waals surface area contributed by atoms with Crippen LogP contribution in [0.25, 0.3) is 16.9 Å². The number of carbonyl (C=O) groups is 1. The Balaban J connectivity index is 2.24. The Morgan fingerprint density at radius 3 is 2.53 bits per heavy atom. The second-order valence-corrected chi connectivity index (χ2v) is 4.10. The summed E-state index contributed by atoms with van der Waals surface area (Å²) in [4.78, 5) is 15.2. The molecule has 3 rings (SSSR count). The van der Waals surface area contributed by atoms with E-state index >= 15 is 0 Å². The van der Waals surface area contributed by atoms with Crippen molar-refractivity contribution in [1.29, 1.82) is 0 Å². The first kappa shape index (κ1) is 11.3. The zero-order chi connectivity index (χ0) is 13.4. The van der Waals surface area contributed by atoms with E-state index in [0.29, 0.717) is 11.3 Å². The van der Waals surface area contributed by atoms with Crippen molar-refractivity contribution in [3.63, 3.8) is 0 Å². The lowest BCUT2D eigenvalue weighted by Gasteiger charge is -1.98. The number of nitrogens with zero attached hydrogens (tertiary/aromatic N) is 2. The van der Waals surface area contributed by atoms with E-state index in [9.17, 15) is 9.90 Å². The summed E-state index contributed by atoms with van der Waals surface area (Å²) in [5, 5.41) is 19.1. The van der Waals surface area contributed by atoms with Crippen LogP contribution in [0.1, 0.15) is 10.4 Å². The van der Waals surface area contributed by atoms with Crippen molar-refractivity contribution < 1.29 is 15.0 Å². The first-order chi connectivity index (χ1) is 9.16. The van der Waals surface area contributed by atoms with Gasteiger partial charge in [0.2, 0.25) is 5.88 Å². The van der Waals surface area contributed by atoms with Crippen LogP contribution in [0, 0.1) is 0 Å². The van der Waals surface area contributed by atoms with Gasteiger partial charge in [-0.2, -0.15) is 0 Å². The van der Waals surface area contributed by atoms with Crippen molar-refractivity contribution >= 4 is 11.6 Å². The molecule has 0 atom stereocenters. The molecule has 0 aliphatic rings. The molecule has 2 N–H and O–H groups in total. The second kappa shape index (κ2) is 4.13. The van der Waals surface area contributed by atoms with E-state index in [2.05, 4.69) is 4.98 Å².